The van der Waals surface area contributed by atoms with Crippen molar-refractivity contribution >= 4 is 46.3 Å². The highest BCUT2D eigenvalue weighted by atomic mass is 32.2. The molecule has 2 aliphatic rings. The number of carboxylic acids is 1. The third kappa shape index (κ3) is 4.41. The lowest BCUT2D eigenvalue weighted by atomic mass is 9.94. The second-order valence-corrected chi connectivity index (χ2v) is 7.75. The Hall–Kier alpha value is -1.86. The van der Waals surface area contributed by atoms with E-state index in [0.29, 0.717) is 15.0 Å². The highest BCUT2D eigenvalue weighted by molar-refractivity contribution is 8.26. The number of benzene rings is 1. The van der Waals surface area contributed by atoms with Crippen LogP contribution in [0, 0.1) is 0 Å². The van der Waals surface area contributed by atoms with Gasteiger partial charge in [-0.2, -0.15) is 0 Å². The summed E-state index contributed by atoms with van der Waals surface area (Å²) in [6.07, 6.45) is 7.28. The fourth-order valence-corrected chi connectivity index (χ4v) is 4.52. The topological polar surface area (TPSA) is 69.7 Å². The van der Waals surface area contributed by atoms with E-state index in [0.717, 1.165) is 31.2 Å². The van der Waals surface area contributed by atoms with E-state index < -0.39 is 12.6 Å². The average molecular weight is 376 g/mol. The second kappa shape index (κ2) is 8.01. The van der Waals surface area contributed by atoms with Crippen molar-refractivity contribution in [2.45, 2.75) is 38.1 Å². The van der Waals surface area contributed by atoms with Gasteiger partial charge in [0.2, 0.25) is 0 Å². The Bertz CT molecular complexity index is 726. The molecule has 1 aliphatic carbocycles. The first-order chi connectivity index (χ1) is 12.0. The number of thioether (sulfide) groups is 1. The van der Waals surface area contributed by atoms with Crippen LogP contribution >= 0.6 is 24.0 Å². The van der Waals surface area contributed by atoms with Crippen molar-refractivity contribution in [2.75, 3.05) is 6.61 Å². The van der Waals surface area contributed by atoms with E-state index in [1.165, 1.54) is 18.2 Å². The van der Waals surface area contributed by atoms with Crippen molar-refractivity contribution in [2.24, 2.45) is 0 Å². The first-order valence-electron chi connectivity index (χ1n) is 8.24. The summed E-state index contributed by atoms with van der Waals surface area (Å²) >= 11 is 6.74. The number of carbonyl (C=O) groups excluding carboxylic acids is 2. The van der Waals surface area contributed by atoms with Gasteiger partial charge in [0, 0.05) is 6.04 Å². The van der Waals surface area contributed by atoms with E-state index in [2.05, 4.69) is 0 Å². The Morgan fingerprint density at radius 1 is 1.36 bits per heavy atom. The molecule has 1 saturated carbocycles. The molecule has 2 fully saturated rings. The van der Waals surface area contributed by atoms with E-state index in [1.807, 2.05) is 6.07 Å². The lowest BCUT2D eigenvalue weighted by molar-refractivity contribution is -0.307. The highest BCUT2D eigenvalue weighted by Crippen LogP contribution is 2.37. The molecule has 5 nitrogen and oxygen atoms in total. The Balaban J connectivity index is 1.75. The predicted molar refractivity (Wildman–Crippen MR) is 98.8 cm³/mol. The van der Waals surface area contributed by atoms with Crippen molar-refractivity contribution in [1.29, 1.82) is 0 Å². The van der Waals surface area contributed by atoms with Crippen LogP contribution in [-0.4, -0.2) is 33.7 Å². The van der Waals surface area contributed by atoms with E-state index in [-0.39, 0.29) is 11.9 Å². The van der Waals surface area contributed by atoms with E-state index in [9.17, 15) is 14.7 Å². The summed E-state index contributed by atoms with van der Waals surface area (Å²) in [6, 6.07) is 7.14. The smallest absolute Gasteiger partial charge is 0.266 e. The minimum atomic E-state index is -1.28. The molecule has 0 N–H and O–H groups in total. The average Bonchev–Trinajstić information content (AvgIpc) is 2.88. The first-order valence-corrected chi connectivity index (χ1v) is 9.47. The van der Waals surface area contributed by atoms with E-state index in [4.69, 9.17) is 17.0 Å². The summed E-state index contributed by atoms with van der Waals surface area (Å²) in [7, 11) is 0. The molecule has 1 aliphatic heterocycles. The molecule has 1 aromatic rings. The van der Waals surface area contributed by atoms with Crippen LogP contribution in [0.25, 0.3) is 6.08 Å². The number of thiocarbonyl (C=S) groups is 1. The number of carboxylic acid groups (broad SMARTS) is 1. The third-order valence-corrected chi connectivity index (χ3v) is 5.61. The zero-order valence-electron chi connectivity index (χ0n) is 13.6. The molecule has 0 atom stereocenters. The Kier molecular flexibility index (Phi) is 5.75. The van der Waals surface area contributed by atoms with Crippen molar-refractivity contribution < 1.29 is 19.4 Å². The van der Waals surface area contributed by atoms with Crippen molar-refractivity contribution in [3.63, 3.8) is 0 Å². The van der Waals surface area contributed by atoms with Gasteiger partial charge in [-0.1, -0.05) is 55.4 Å². The number of carbonyl (C=O) groups is 2. The molecule has 0 aromatic heterocycles. The lowest BCUT2D eigenvalue weighted by Gasteiger charge is -2.29. The standard InChI is InChI=1S/C18H19NO4S2/c20-16(21)11-23-14-8-4-5-12(9-14)10-15-17(22)19(18(24)25-15)13-6-2-1-3-7-13/h4-5,8-10,13H,1-3,6-7,11H2,(H,20,21)/p-1/b15-10-. The SMILES string of the molecule is O=C([O-])COc1cccc(/C=C2\SC(=S)N(C3CCCCC3)C2=O)c1. The molecule has 0 unspecified atom stereocenters. The van der Waals surface area contributed by atoms with Crippen LogP contribution < -0.4 is 9.84 Å². The van der Waals surface area contributed by atoms with Gasteiger partial charge in [-0.3, -0.25) is 9.69 Å². The van der Waals surface area contributed by atoms with Gasteiger partial charge >= 0.3 is 0 Å². The van der Waals surface area contributed by atoms with Crippen LogP contribution in [0.15, 0.2) is 29.2 Å². The number of ether oxygens (including phenoxy) is 1. The molecule has 0 spiro atoms. The number of hydrogen-bond donors (Lipinski definition) is 0. The van der Waals surface area contributed by atoms with Gasteiger partial charge in [0.1, 0.15) is 16.7 Å². The monoisotopic (exact) mass is 376 g/mol. The minimum absolute atomic E-state index is 0.0389. The van der Waals surface area contributed by atoms with Gasteiger partial charge in [-0.05, 0) is 36.6 Å². The minimum Gasteiger partial charge on any atom is -0.546 e. The molecule has 7 heteroatoms. The molecule has 1 amide bonds. The van der Waals surface area contributed by atoms with Gasteiger partial charge in [0.25, 0.3) is 5.91 Å². The lowest BCUT2D eigenvalue weighted by Crippen LogP contribution is -2.39. The Morgan fingerprint density at radius 3 is 2.84 bits per heavy atom. The molecule has 0 radical (unpaired) electrons. The number of rotatable bonds is 5. The normalized spacial score (nSPS) is 20.3. The molecule has 1 saturated heterocycles. The van der Waals surface area contributed by atoms with Gasteiger partial charge in [-0.15, -0.1) is 0 Å². The number of nitrogens with zero attached hydrogens (tertiary/aromatic N) is 1. The summed E-state index contributed by atoms with van der Waals surface area (Å²) in [5.74, 6) is -0.901. The van der Waals surface area contributed by atoms with E-state index in [1.54, 1.807) is 29.2 Å². The molecule has 1 heterocycles. The zero-order valence-corrected chi connectivity index (χ0v) is 15.2. The van der Waals surface area contributed by atoms with E-state index >= 15 is 0 Å². The molecule has 0 bridgehead atoms. The van der Waals surface area contributed by atoms with Crippen LogP contribution in [0.1, 0.15) is 37.7 Å². The maximum Gasteiger partial charge on any atom is 0.266 e. The van der Waals surface area contributed by atoms with Crippen LogP contribution in [0.3, 0.4) is 0 Å². The van der Waals surface area contributed by atoms with Crippen LogP contribution in [0.5, 0.6) is 5.75 Å². The summed E-state index contributed by atoms with van der Waals surface area (Å²) in [5, 5.41) is 10.5. The molecular weight excluding hydrogens is 358 g/mol. The summed E-state index contributed by atoms with van der Waals surface area (Å²) in [5.41, 5.74) is 0.764. The van der Waals surface area contributed by atoms with Crippen molar-refractivity contribution in [3.8, 4) is 5.75 Å². The van der Waals surface area contributed by atoms with Gasteiger partial charge in [0.15, 0.2) is 0 Å². The maximum absolute atomic E-state index is 12.8. The largest absolute Gasteiger partial charge is 0.546 e. The Morgan fingerprint density at radius 2 is 2.12 bits per heavy atom. The maximum atomic E-state index is 12.8. The summed E-state index contributed by atoms with van der Waals surface area (Å²) in [4.78, 5) is 25.6. The quantitative estimate of drug-likeness (QED) is 0.580. The summed E-state index contributed by atoms with van der Waals surface area (Å²) < 4.78 is 5.74. The molecular formula is C18H18NO4S2-. The van der Waals surface area contributed by atoms with Gasteiger partial charge < -0.3 is 14.6 Å². The van der Waals surface area contributed by atoms with Crippen LogP contribution in [-0.2, 0) is 9.59 Å². The zero-order chi connectivity index (χ0) is 17.8. The van der Waals surface area contributed by atoms with Crippen molar-refractivity contribution in [3.05, 3.63) is 34.7 Å². The number of aliphatic carboxylic acids is 1. The second-order valence-electron chi connectivity index (χ2n) is 6.08. The van der Waals surface area contributed by atoms with Crippen LogP contribution in [0.2, 0.25) is 0 Å². The fraction of sp³-hybridized carbons (Fsp3) is 0.389. The third-order valence-electron chi connectivity index (χ3n) is 4.28. The predicted octanol–water partition coefficient (Wildman–Crippen LogP) is 2.35. The highest BCUT2D eigenvalue weighted by Gasteiger charge is 2.37. The molecule has 1 aromatic carbocycles. The molecule has 132 valence electrons. The Labute approximate surface area is 156 Å². The molecule has 25 heavy (non-hydrogen) atoms. The number of hydrogen-bond acceptors (Lipinski definition) is 6. The van der Waals surface area contributed by atoms with Gasteiger partial charge in [-0.25, -0.2) is 0 Å². The van der Waals surface area contributed by atoms with Crippen molar-refractivity contribution in [1.82, 2.24) is 4.90 Å². The van der Waals surface area contributed by atoms with Gasteiger partial charge in [0.05, 0.1) is 10.9 Å². The first kappa shape index (κ1) is 17.9. The summed E-state index contributed by atoms with van der Waals surface area (Å²) in [6.45, 7) is -0.507. The van der Waals surface area contributed by atoms with Crippen LogP contribution in [0.4, 0.5) is 0 Å². The number of amides is 1. The fourth-order valence-electron chi connectivity index (χ4n) is 3.12. The molecule has 3 rings (SSSR count).